The molecule has 0 aromatic rings. The van der Waals surface area contributed by atoms with Gasteiger partial charge in [0.1, 0.15) is 5.78 Å². The summed E-state index contributed by atoms with van der Waals surface area (Å²) in [6.45, 7) is 9.93. The molecule has 0 N–H and O–H groups in total. The first-order valence-corrected chi connectivity index (χ1v) is 12.3. The number of rotatable bonds is 10. The molecule has 0 heterocycles. The molecule has 1 saturated carbocycles. The Balaban J connectivity index is 2.99. The largest absolute Gasteiger partial charge is 0.298 e. The number of hydrogen-bond acceptors (Lipinski definition) is 4. The number of unbranched alkanes of at least 4 members (excludes halogenated alkanes) is 1. The Morgan fingerprint density at radius 3 is 2.04 bits per heavy atom. The van der Waals surface area contributed by atoms with Crippen LogP contribution in [0.5, 0.6) is 0 Å². The van der Waals surface area contributed by atoms with Gasteiger partial charge in [0.25, 0.3) is 10.1 Å². The van der Waals surface area contributed by atoms with Gasteiger partial charge in [-0.05, 0) is 19.3 Å². The van der Waals surface area contributed by atoms with E-state index >= 15 is 0 Å². The van der Waals surface area contributed by atoms with Crippen molar-refractivity contribution < 1.29 is 16.8 Å². The van der Waals surface area contributed by atoms with Gasteiger partial charge < -0.3 is 0 Å². The van der Waals surface area contributed by atoms with Crippen molar-refractivity contribution in [2.24, 2.45) is 5.92 Å². The summed E-state index contributed by atoms with van der Waals surface area (Å²) < 4.78 is 30.6. The predicted molar refractivity (Wildman–Crippen MR) is 99.5 cm³/mol. The van der Waals surface area contributed by atoms with Crippen LogP contribution in [-0.2, 0) is 18.5 Å². The minimum atomic E-state index is -3.58. The smallest absolute Gasteiger partial charge is 0.276 e. The van der Waals surface area contributed by atoms with Gasteiger partial charge >= 0.3 is 0 Å². The molecule has 6 heteroatoms. The minimum absolute atomic E-state index is 0.0456. The lowest BCUT2D eigenvalue weighted by atomic mass is 10.0. The molecule has 23 heavy (non-hydrogen) atoms. The molecule has 0 spiro atoms. The molecule has 0 bridgehead atoms. The SMILES string of the molecule is CCCCS(=O)(=O)OS(CC(=O)C1CCCC1)(C(C)C)C(C)C. The minimum Gasteiger partial charge on any atom is -0.298 e. The zero-order valence-electron chi connectivity index (χ0n) is 15.3. The molecule has 4 nitrogen and oxygen atoms in total. The third-order valence-corrected chi connectivity index (χ3v) is 11.3. The second kappa shape index (κ2) is 8.86. The van der Waals surface area contributed by atoms with Gasteiger partial charge in [-0.2, -0.15) is 8.42 Å². The van der Waals surface area contributed by atoms with Crippen LogP contribution in [-0.4, -0.2) is 36.2 Å². The maximum absolute atomic E-state index is 12.7. The van der Waals surface area contributed by atoms with Crippen molar-refractivity contribution in [3.63, 3.8) is 0 Å². The third kappa shape index (κ3) is 5.75. The van der Waals surface area contributed by atoms with Crippen LogP contribution in [0.25, 0.3) is 0 Å². The standard InChI is InChI=1S/C17H34O4S2/c1-6-7-12-23(19,20)21-22(14(2)3,15(4)5)13-17(18)16-10-8-9-11-16/h14-16H,6-13H2,1-5H3. The Hall–Kier alpha value is -0.0700. The highest BCUT2D eigenvalue weighted by molar-refractivity contribution is 8.34. The molecule has 0 radical (unpaired) electrons. The van der Waals surface area contributed by atoms with Crippen molar-refractivity contribution in [2.75, 3.05) is 11.5 Å². The van der Waals surface area contributed by atoms with Gasteiger partial charge in [-0.1, -0.05) is 53.9 Å². The van der Waals surface area contributed by atoms with E-state index in [1.807, 2.05) is 34.6 Å². The van der Waals surface area contributed by atoms with Gasteiger partial charge in [0.05, 0.1) is 11.5 Å². The van der Waals surface area contributed by atoms with Gasteiger partial charge in [-0.3, -0.25) is 4.79 Å². The maximum Gasteiger partial charge on any atom is 0.276 e. The Kier molecular flexibility index (Phi) is 8.08. The molecule has 138 valence electrons. The summed E-state index contributed by atoms with van der Waals surface area (Å²) in [6, 6.07) is 0. The van der Waals surface area contributed by atoms with Gasteiger partial charge in [-0.15, -0.1) is 10.3 Å². The zero-order chi connectivity index (χ0) is 17.7. The Bertz CT molecular complexity index is 469. The lowest BCUT2D eigenvalue weighted by molar-refractivity contribution is -0.120. The van der Waals surface area contributed by atoms with E-state index in [-0.39, 0.29) is 28.0 Å². The highest BCUT2D eigenvalue weighted by atomic mass is 32.3. The zero-order valence-corrected chi connectivity index (χ0v) is 17.0. The normalized spacial score (nSPS) is 18.0. The van der Waals surface area contributed by atoms with Crippen LogP contribution in [0.4, 0.5) is 0 Å². The van der Waals surface area contributed by atoms with E-state index in [4.69, 9.17) is 3.63 Å². The summed E-state index contributed by atoms with van der Waals surface area (Å²) in [5.41, 5.74) is 0. The fourth-order valence-electron chi connectivity index (χ4n) is 3.19. The molecule has 0 atom stereocenters. The summed E-state index contributed by atoms with van der Waals surface area (Å²) in [6.07, 6.45) is 5.54. The molecule has 1 fully saturated rings. The van der Waals surface area contributed by atoms with Crippen molar-refractivity contribution in [1.82, 2.24) is 0 Å². The third-order valence-electron chi connectivity index (χ3n) is 4.75. The summed E-state index contributed by atoms with van der Waals surface area (Å²) in [5, 5.41) is 0.0912. The van der Waals surface area contributed by atoms with E-state index < -0.39 is 20.4 Å². The van der Waals surface area contributed by atoms with Crippen LogP contribution in [0.1, 0.15) is 73.1 Å². The molecule has 0 unspecified atom stereocenters. The number of Topliss-reactive ketones (excluding diaryl/α,β-unsaturated/α-hetero) is 1. The summed E-state index contributed by atoms with van der Waals surface area (Å²) in [7, 11) is -5.57. The monoisotopic (exact) mass is 366 g/mol. The summed E-state index contributed by atoms with van der Waals surface area (Å²) in [5.74, 6) is 0.667. The van der Waals surface area contributed by atoms with Gasteiger partial charge in [-0.25, -0.2) is 3.63 Å². The van der Waals surface area contributed by atoms with Crippen LogP contribution in [0.3, 0.4) is 0 Å². The van der Waals surface area contributed by atoms with Crippen LogP contribution >= 0.6 is 10.3 Å². The number of carbonyl (C=O) groups is 1. The van der Waals surface area contributed by atoms with Crippen LogP contribution < -0.4 is 0 Å². The predicted octanol–water partition coefficient (Wildman–Crippen LogP) is 4.43. The fourth-order valence-corrected chi connectivity index (χ4v) is 9.54. The maximum atomic E-state index is 12.7. The van der Waals surface area contributed by atoms with E-state index in [9.17, 15) is 13.2 Å². The van der Waals surface area contributed by atoms with Crippen molar-refractivity contribution >= 4 is 26.2 Å². The molecule has 0 aliphatic heterocycles. The molecular weight excluding hydrogens is 332 g/mol. The van der Waals surface area contributed by atoms with E-state index in [1.54, 1.807) is 0 Å². The second-order valence-electron chi connectivity index (χ2n) is 7.15. The van der Waals surface area contributed by atoms with Crippen molar-refractivity contribution in [2.45, 2.75) is 83.6 Å². The first-order valence-electron chi connectivity index (χ1n) is 8.89. The molecule has 1 aliphatic carbocycles. The first kappa shape index (κ1) is 21.0. The van der Waals surface area contributed by atoms with Crippen LogP contribution in [0.2, 0.25) is 0 Å². The fraction of sp³-hybridized carbons (Fsp3) is 0.941. The molecular formula is C17H34O4S2. The average Bonchev–Trinajstić information content (AvgIpc) is 2.97. The second-order valence-corrected chi connectivity index (χ2v) is 13.0. The molecule has 0 amide bonds. The average molecular weight is 367 g/mol. The van der Waals surface area contributed by atoms with E-state index in [2.05, 4.69) is 0 Å². The Morgan fingerprint density at radius 2 is 1.61 bits per heavy atom. The molecule has 0 aromatic carbocycles. The van der Waals surface area contributed by atoms with Crippen LogP contribution in [0, 0.1) is 5.92 Å². The number of hydrogen-bond donors (Lipinski definition) is 0. The van der Waals surface area contributed by atoms with Gasteiger partial charge in [0.15, 0.2) is 0 Å². The van der Waals surface area contributed by atoms with E-state index in [1.165, 1.54) is 0 Å². The van der Waals surface area contributed by atoms with Crippen molar-refractivity contribution in [3.8, 4) is 0 Å². The highest BCUT2D eigenvalue weighted by Crippen LogP contribution is 2.59. The van der Waals surface area contributed by atoms with Gasteiger partial charge in [0.2, 0.25) is 0 Å². The summed E-state index contributed by atoms with van der Waals surface area (Å²) >= 11 is 0. The van der Waals surface area contributed by atoms with Crippen molar-refractivity contribution in [3.05, 3.63) is 0 Å². The summed E-state index contributed by atoms with van der Waals surface area (Å²) in [4.78, 5) is 12.7. The highest BCUT2D eigenvalue weighted by Gasteiger charge is 2.40. The quantitative estimate of drug-likeness (QED) is 0.574. The number of carbonyl (C=O) groups excluding carboxylic acids is 1. The Morgan fingerprint density at radius 1 is 1.09 bits per heavy atom. The molecule has 1 aliphatic rings. The van der Waals surface area contributed by atoms with E-state index in [0.29, 0.717) is 12.2 Å². The molecule has 1 rings (SSSR count). The molecule has 0 saturated heterocycles. The van der Waals surface area contributed by atoms with Crippen LogP contribution in [0.15, 0.2) is 0 Å². The first-order chi connectivity index (χ1) is 10.6. The Labute approximate surface area is 144 Å². The molecule has 0 aromatic heterocycles. The lowest BCUT2D eigenvalue weighted by Gasteiger charge is -2.45. The topological polar surface area (TPSA) is 60.4 Å². The van der Waals surface area contributed by atoms with E-state index in [0.717, 1.165) is 32.1 Å². The number of ketones is 1. The van der Waals surface area contributed by atoms with Crippen molar-refractivity contribution in [1.29, 1.82) is 0 Å². The van der Waals surface area contributed by atoms with Gasteiger partial charge in [0, 0.05) is 16.4 Å². The lowest BCUT2D eigenvalue weighted by Crippen LogP contribution is -2.34.